The maximum Gasteiger partial charge on any atom is 0.246 e. The molecule has 3 rings (SSSR count). The number of unbranched alkanes of at least 4 members (excludes halogenated alkanes) is 1. The summed E-state index contributed by atoms with van der Waals surface area (Å²) in [4.78, 5) is 36.3. The third-order valence-corrected chi connectivity index (χ3v) is 11.1. The standard InChI is InChI=1S/C25H49N3O.C13H22N2O.C8H13NO.C3H8.C2H6/c1-19(2)26-18-23(29)15-12-16-24(25(5,6)7)28-20(3)17-27-21(4)22-13-10-8-9-11-14-22;1-4-5-6-14-9(2)13-12-7-11(12)8-15(13)10(3)16;1-4-5-6-9-8(10)7(2)3;1-3-2;1-2/h19,21-22,24,26-28H,3,8-18H2,1-2,4-7H3;11-14H,2,4-8H2,1,3H3;4H,1-2,5-6H2,3H3,(H,9,10);3H2,1-2H3;1-2H3/t;11-,12-,13?;;;/m.0.../s1. The van der Waals surface area contributed by atoms with Crippen LogP contribution in [-0.4, -0.2) is 79.4 Å². The van der Waals surface area contributed by atoms with E-state index in [2.05, 4.69) is 115 Å². The van der Waals surface area contributed by atoms with E-state index in [-0.39, 0.29) is 23.3 Å². The smallest absolute Gasteiger partial charge is 0.246 e. The topological polar surface area (TPSA) is 115 Å². The van der Waals surface area contributed by atoms with Crippen molar-refractivity contribution in [1.82, 2.24) is 31.5 Å². The minimum atomic E-state index is -0.0816. The van der Waals surface area contributed by atoms with Crippen molar-refractivity contribution in [2.24, 2.45) is 23.2 Å². The normalized spacial score (nSPS) is 19.0. The summed E-state index contributed by atoms with van der Waals surface area (Å²) in [5, 5.41) is 16.7. The molecular weight excluding hydrogens is 745 g/mol. The molecule has 0 spiro atoms. The number of rotatable bonds is 22. The third-order valence-electron chi connectivity index (χ3n) is 11.1. The molecule has 5 atom stereocenters. The van der Waals surface area contributed by atoms with Gasteiger partial charge in [-0.25, -0.2) is 0 Å². The van der Waals surface area contributed by atoms with Crippen molar-refractivity contribution in [3.8, 4) is 0 Å². The Morgan fingerprint density at radius 2 is 1.45 bits per heavy atom. The highest BCUT2D eigenvalue weighted by atomic mass is 16.2. The van der Waals surface area contributed by atoms with Crippen LogP contribution in [-0.2, 0) is 14.4 Å². The number of Topliss-reactive ketones (excluding diaryl/α,β-unsaturated/α-hetero) is 1. The van der Waals surface area contributed by atoms with Crippen molar-refractivity contribution in [3.05, 3.63) is 49.4 Å². The molecule has 0 aromatic carbocycles. The van der Waals surface area contributed by atoms with Gasteiger partial charge in [0.2, 0.25) is 11.8 Å². The number of hydrogen-bond acceptors (Lipinski definition) is 7. The molecule has 0 aromatic rings. The van der Waals surface area contributed by atoms with Gasteiger partial charge in [-0.2, -0.15) is 0 Å². The number of carbonyl (C=O) groups is 3. The fraction of sp³-hybridized carbons (Fsp3) is 0.784. The van der Waals surface area contributed by atoms with Gasteiger partial charge in [0, 0.05) is 74.6 Å². The molecule has 2 aliphatic carbocycles. The van der Waals surface area contributed by atoms with Crippen molar-refractivity contribution in [1.29, 1.82) is 0 Å². The summed E-state index contributed by atoms with van der Waals surface area (Å²) in [5.41, 5.74) is 2.80. The Bertz CT molecular complexity index is 1220. The zero-order valence-electron chi connectivity index (χ0n) is 41.6. The molecule has 1 aliphatic heterocycles. The summed E-state index contributed by atoms with van der Waals surface area (Å²) in [6, 6.07) is 1.50. The predicted octanol–water partition coefficient (Wildman–Crippen LogP) is 10.6. The number of likely N-dealkylation sites (tertiary alicyclic amines) is 1. The molecule has 3 aliphatic rings. The molecular formula is C51H98N6O3. The monoisotopic (exact) mass is 843 g/mol. The van der Waals surface area contributed by atoms with Gasteiger partial charge in [-0.1, -0.05) is 134 Å². The summed E-state index contributed by atoms with van der Waals surface area (Å²) in [7, 11) is 0. The zero-order valence-corrected chi connectivity index (χ0v) is 41.6. The van der Waals surface area contributed by atoms with E-state index in [9.17, 15) is 14.4 Å². The number of piperidine rings is 1. The maximum atomic E-state index is 12.0. The van der Waals surface area contributed by atoms with Crippen molar-refractivity contribution >= 4 is 17.6 Å². The Labute approximate surface area is 371 Å². The summed E-state index contributed by atoms with van der Waals surface area (Å²) in [6.07, 6.45) is 18.3. The molecule has 60 heavy (non-hydrogen) atoms. The highest BCUT2D eigenvalue weighted by Crippen LogP contribution is 2.51. The molecule has 0 aromatic heterocycles. The summed E-state index contributed by atoms with van der Waals surface area (Å²) in [6.45, 7) is 46.4. The van der Waals surface area contributed by atoms with Gasteiger partial charge in [0.25, 0.3) is 0 Å². The van der Waals surface area contributed by atoms with Gasteiger partial charge in [0.1, 0.15) is 5.78 Å². The molecule has 2 amide bonds. The van der Waals surface area contributed by atoms with Gasteiger partial charge >= 0.3 is 0 Å². The van der Waals surface area contributed by atoms with E-state index in [1.165, 1.54) is 64.2 Å². The minimum absolute atomic E-state index is 0.0816. The molecule has 3 unspecified atom stereocenters. The Morgan fingerprint density at radius 1 is 0.850 bits per heavy atom. The van der Waals surface area contributed by atoms with E-state index in [1.54, 1.807) is 19.9 Å². The van der Waals surface area contributed by atoms with E-state index < -0.39 is 0 Å². The SMILES string of the molecule is C=C(CNC(C)C1CCCCCC1)NC(CCCC(=O)CNC(C)C)C(C)(C)C.C=C(NCCCC)C1[C@H]2C[C@H]2CN1C(C)=O.C=CCCNC(=O)C(=C)C.CC.CCC. The van der Waals surface area contributed by atoms with Gasteiger partial charge in [0.05, 0.1) is 12.6 Å². The lowest BCUT2D eigenvalue weighted by Crippen LogP contribution is -2.43. The molecule has 1 heterocycles. The lowest BCUT2D eigenvalue weighted by Gasteiger charge is -2.34. The minimum Gasteiger partial charge on any atom is -0.387 e. The summed E-state index contributed by atoms with van der Waals surface area (Å²) >= 11 is 0. The van der Waals surface area contributed by atoms with E-state index in [1.807, 2.05) is 18.7 Å². The van der Waals surface area contributed by atoms with E-state index in [4.69, 9.17) is 0 Å². The van der Waals surface area contributed by atoms with E-state index in [0.717, 1.165) is 62.1 Å². The molecule has 0 bridgehead atoms. The molecule has 5 N–H and O–H groups in total. The van der Waals surface area contributed by atoms with Crippen LogP contribution < -0.4 is 26.6 Å². The lowest BCUT2D eigenvalue weighted by atomic mass is 9.83. The first-order valence-corrected chi connectivity index (χ1v) is 24.0. The van der Waals surface area contributed by atoms with E-state index in [0.29, 0.717) is 54.9 Å². The van der Waals surface area contributed by atoms with Crippen LogP contribution in [0.5, 0.6) is 0 Å². The fourth-order valence-electron chi connectivity index (χ4n) is 7.40. The van der Waals surface area contributed by atoms with Gasteiger partial charge < -0.3 is 31.5 Å². The van der Waals surface area contributed by atoms with Gasteiger partial charge in [-0.05, 0) is 82.0 Å². The molecule has 350 valence electrons. The van der Waals surface area contributed by atoms with Crippen LogP contribution >= 0.6 is 0 Å². The summed E-state index contributed by atoms with van der Waals surface area (Å²) < 4.78 is 0. The first-order valence-electron chi connectivity index (χ1n) is 24.0. The number of nitrogens with one attached hydrogen (secondary N) is 5. The van der Waals surface area contributed by atoms with Crippen molar-refractivity contribution in [2.45, 2.75) is 204 Å². The Balaban J connectivity index is 0. The van der Waals surface area contributed by atoms with Crippen LogP contribution in [0, 0.1) is 23.2 Å². The molecule has 9 heteroatoms. The first-order chi connectivity index (χ1) is 28.3. The van der Waals surface area contributed by atoms with Crippen molar-refractivity contribution < 1.29 is 14.4 Å². The molecule has 3 fully saturated rings. The van der Waals surface area contributed by atoms with Crippen molar-refractivity contribution in [3.63, 3.8) is 0 Å². The average Bonchev–Trinajstić information content (AvgIpc) is 3.93. The van der Waals surface area contributed by atoms with Gasteiger partial charge in [0.15, 0.2) is 0 Å². The Morgan fingerprint density at radius 3 is 1.95 bits per heavy atom. The molecule has 0 radical (unpaired) electrons. The zero-order chi connectivity index (χ0) is 46.3. The van der Waals surface area contributed by atoms with E-state index >= 15 is 0 Å². The number of hydrogen-bond donors (Lipinski definition) is 5. The first kappa shape index (κ1) is 59.2. The van der Waals surface area contributed by atoms with Crippen LogP contribution in [0.25, 0.3) is 0 Å². The number of ketones is 1. The van der Waals surface area contributed by atoms with Crippen LogP contribution in [0.3, 0.4) is 0 Å². The average molecular weight is 843 g/mol. The number of carbonyl (C=O) groups excluding carboxylic acids is 3. The highest BCUT2D eigenvalue weighted by Gasteiger charge is 2.54. The fourth-order valence-corrected chi connectivity index (χ4v) is 7.40. The van der Waals surface area contributed by atoms with Crippen LogP contribution in [0.15, 0.2) is 49.4 Å². The Hall–Kier alpha value is -2.91. The quantitative estimate of drug-likeness (QED) is 0.0319. The van der Waals surface area contributed by atoms with Gasteiger partial charge in [-0.15, -0.1) is 6.58 Å². The molecule has 1 saturated heterocycles. The van der Waals surface area contributed by atoms with Crippen LogP contribution in [0.4, 0.5) is 0 Å². The summed E-state index contributed by atoms with van der Waals surface area (Å²) in [5.74, 6) is 2.65. The number of nitrogens with zero attached hydrogens (tertiary/aromatic N) is 1. The second-order valence-electron chi connectivity index (χ2n) is 18.5. The van der Waals surface area contributed by atoms with Gasteiger partial charge in [-0.3, -0.25) is 14.4 Å². The van der Waals surface area contributed by atoms with Crippen LogP contribution in [0.1, 0.15) is 180 Å². The van der Waals surface area contributed by atoms with Crippen molar-refractivity contribution in [2.75, 3.05) is 32.7 Å². The number of fused-ring (bicyclic) bond motifs is 1. The van der Waals surface area contributed by atoms with Crippen LogP contribution in [0.2, 0.25) is 0 Å². The number of amides is 2. The third kappa shape index (κ3) is 27.8. The second-order valence-corrected chi connectivity index (χ2v) is 18.5. The molecule has 2 saturated carbocycles. The largest absolute Gasteiger partial charge is 0.387 e. The Kier molecular flexibility index (Phi) is 34.2. The highest BCUT2D eigenvalue weighted by molar-refractivity contribution is 5.92. The molecule has 9 nitrogen and oxygen atoms in total. The predicted molar refractivity (Wildman–Crippen MR) is 261 cm³/mol. The lowest BCUT2D eigenvalue weighted by molar-refractivity contribution is -0.129. The maximum absolute atomic E-state index is 12.0. The second kappa shape index (κ2) is 34.7.